The lowest BCUT2D eigenvalue weighted by molar-refractivity contribution is 0.548. The van der Waals surface area contributed by atoms with Crippen molar-refractivity contribution in [3.05, 3.63) is 34.6 Å². The molecule has 1 aromatic rings. The monoisotopic (exact) mass is 254 g/mol. The molecule has 0 saturated heterocycles. The van der Waals surface area contributed by atoms with Gasteiger partial charge in [-0.15, -0.1) is 11.8 Å². The smallest absolute Gasteiger partial charge is 0.141 e. The third-order valence-electron chi connectivity index (χ3n) is 2.40. The second-order valence-corrected chi connectivity index (χ2v) is 4.00. The van der Waals surface area contributed by atoms with Crippen LogP contribution in [0.25, 0.3) is 0 Å². The van der Waals surface area contributed by atoms with E-state index in [1.54, 1.807) is 19.1 Å². The Morgan fingerprint density at radius 2 is 2.29 bits per heavy atom. The minimum atomic E-state index is -0.414. The van der Waals surface area contributed by atoms with E-state index in [9.17, 15) is 4.39 Å². The van der Waals surface area contributed by atoms with Crippen molar-refractivity contribution in [1.29, 1.82) is 0 Å². The van der Waals surface area contributed by atoms with Gasteiger partial charge in [0.2, 0.25) is 0 Å². The summed E-state index contributed by atoms with van der Waals surface area (Å²) in [5, 5.41) is 3.38. The summed E-state index contributed by atoms with van der Waals surface area (Å²) in [5.74, 6) is 5.37. The lowest BCUT2D eigenvalue weighted by Crippen LogP contribution is -2.28. The molecule has 1 rings (SSSR count). The summed E-state index contributed by atoms with van der Waals surface area (Å²) >= 11 is 5.73. The highest BCUT2D eigenvalue weighted by Gasteiger charge is 2.10. The average molecular weight is 255 g/mol. The zero-order chi connectivity index (χ0) is 12.7. The molecule has 92 valence electrons. The molecule has 0 bridgehead atoms. The third kappa shape index (κ3) is 4.35. The van der Waals surface area contributed by atoms with Gasteiger partial charge in [-0.05, 0) is 24.6 Å². The number of nitrogens with one attached hydrogen (secondary N) is 1. The first-order valence-corrected chi connectivity index (χ1v) is 5.84. The van der Waals surface area contributed by atoms with Crippen LogP contribution in [0, 0.1) is 17.7 Å². The van der Waals surface area contributed by atoms with Crippen LogP contribution in [0.1, 0.15) is 24.9 Å². The predicted octanol–water partition coefficient (Wildman–Crippen LogP) is 2.48. The van der Waals surface area contributed by atoms with Crippen LogP contribution in [0.5, 0.6) is 0 Å². The molecule has 2 nitrogen and oxygen atoms in total. The van der Waals surface area contributed by atoms with Crippen molar-refractivity contribution in [2.24, 2.45) is 5.73 Å². The van der Waals surface area contributed by atoms with Crippen molar-refractivity contribution >= 4 is 11.6 Å². The first kappa shape index (κ1) is 14.0. The molecule has 0 aliphatic rings. The molecule has 0 amide bonds. The van der Waals surface area contributed by atoms with Crippen LogP contribution in [-0.4, -0.2) is 13.1 Å². The molecule has 17 heavy (non-hydrogen) atoms. The second-order valence-electron chi connectivity index (χ2n) is 3.59. The van der Waals surface area contributed by atoms with Crippen LogP contribution in [-0.2, 0) is 0 Å². The van der Waals surface area contributed by atoms with Crippen molar-refractivity contribution in [1.82, 2.24) is 5.32 Å². The Kier molecular flexibility index (Phi) is 5.99. The maximum absolute atomic E-state index is 13.0. The quantitative estimate of drug-likeness (QED) is 0.626. The molecule has 4 heteroatoms. The Morgan fingerprint density at radius 3 is 2.88 bits per heavy atom. The van der Waals surface area contributed by atoms with Crippen LogP contribution in [0.2, 0.25) is 5.02 Å². The Hall–Kier alpha value is -1.08. The van der Waals surface area contributed by atoms with E-state index in [1.807, 2.05) is 0 Å². The zero-order valence-corrected chi connectivity index (χ0v) is 10.5. The zero-order valence-electron chi connectivity index (χ0n) is 9.76. The highest BCUT2D eigenvalue weighted by atomic mass is 35.5. The standard InChI is InChI=1S/C13H16ClFN2/c1-2-3-4-7-17-13(9-16)10-5-6-12(15)11(14)8-10/h5-6,8,13,17H,4,7,9,16H2,1H3. The number of nitrogens with two attached hydrogens (primary N) is 1. The van der Waals surface area contributed by atoms with Gasteiger partial charge in [-0.2, -0.15) is 0 Å². The van der Waals surface area contributed by atoms with Gasteiger partial charge >= 0.3 is 0 Å². The molecule has 0 aliphatic heterocycles. The second kappa shape index (κ2) is 7.29. The van der Waals surface area contributed by atoms with Gasteiger partial charge < -0.3 is 11.1 Å². The van der Waals surface area contributed by atoms with Crippen LogP contribution < -0.4 is 11.1 Å². The molecule has 1 unspecified atom stereocenters. The fraction of sp³-hybridized carbons (Fsp3) is 0.385. The lowest BCUT2D eigenvalue weighted by Gasteiger charge is -2.16. The van der Waals surface area contributed by atoms with E-state index >= 15 is 0 Å². The van der Waals surface area contributed by atoms with E-state index in [-0.39, 0.29) is 11.1 Å². The van der Waals surface area contributed by atoms with Gasteiger partial charge in [0.15, 0.2) is 0 Å². The van der Waals surface area contributed by atoms with Gasteiger partial charge in [0.25, 0.3) is 0 Å². The average Bonchev–Trinajstić information content (AvgIpc) is 2.33. The summed E-state index contributed by atoms with van der Waals surface area (Å²) in [6.07, 6.45) is 0.766. The summed E-state index contributed by atoms with van der Waals surface area (Å²) < 4.78 is 13.0. The fourth-order valence-corrected chi connectivity index (χ4v) is 1.69. The number of benzene rings is 1. The van der Waals surface area contributed by atoms with Crippen LogP contribution >= 0.6 is 11.6 Å². The van der Waals surface area contributed by atoms with Gasteiger partial charge in [0.05, 0.1) is 5.02 Å². The molecule has 1 atom stereocenters. The summed E-state index contributed by atoms with van der Waals surface area (Å²) in [5.41, 5.74) is 6.56. The molecule has 0 fully saturated rings. The number of hydrogen-bond acceptors (Lipinski definition) is 2. The van der Waals surface area contributed by atoms with Crippen molar-refractivity contribution in [2.75, 3.05) is 13.1 Å². The van der Waals surface area contributed by atoms with E-state index in [4.69, 9.17) is 17.3 Å². The summed E-state index contributed by atoms with van der Waals surface area (Å²) in [7, 11) is 0. The van der Waals surface area contributed by atoms with Crippen LogP contribution in [0.4, 0.5) is 4.39 Å². The Balaban J connectivity index is 2.64. The lowest BCUT2D eigenvalue weighted by atomic mass is 10.1. The van der Waals surface area contributed by atoms with Crippen LogP contribution in [0.3, 0.4) is 0 Å². The first-order valence-electron chi connectivity index (χ1n) is 5.47. The molecular weight excluding hydrogens is 239 g/mol. The van der Waals surface area contributed by atoms with Gasteiger partial charge in [-0.3, -0.25) is 0 Å². The Bertz CT molecular complexity index is 423. The Morgan fingerprint density at radius 1 is 1.53 bits per heavy atom. The molecule has 0 radical (unpaired) electrons. The van der Waals surface area contributed by atoms with E-state index in [0.29, 0.717) is 6.54 Å². The number of rotatable bonds is 5. The molecule has 0 aliphatic carbocycles. The van der Waals surface area contributed by atoms with E-state index in [1.165, 1.54) is 6.07 Å². The van der Waals surface area contributed by atoms with E-state index in [0.717, 1.165) is 18.5 Å². The number of halogens is 2. The molecule has 0 heterocycles. The highest BCUT2D eigenvalue weighted by molar-refractivity contribution is 6.30. The largest absolute Gasteiger partial charge is 0.329 e. The van der Waals surface area contributed by atoms with Crippen LogP contribution in [0.15, 0.2) is 18.2 Å². The van der Waals surface area contributed by atoms with Crippen molar-refractivity contribution in [3.63, 3.8) is 0 Å². The molecule has 0 aromatic heterocycles. The summed E-state index contributed by atoms with van der Waals surface area (Å²) in [6.45, 7) is 2.99. The highest BCUT2D eigenvalue weighted by Crippen LogP contribution is 2.20. The summed E-state index contributed by atoms with van der Waals surface area (Å²) in [4.78, 5) is 0. The third-order valence-corrected chi connectivity index (χ3v) is 2.69. The van der Waals surface area contributed by atoms with Gasteiger partial charge in [-0.25, -0.2) is 4.39 Å². The predicted molar refractivity (Wildman–Crippen MR) is 69.3 cm³/mol. The molecule has 3 N–H and O–H groups in total. The molecular formula is C13H16ClFN2. The van der Waals surface area contributed by atoms with E-state index < -0.39 is 5.82 Å². The maximum atomic E-state index is 13.0. The topological polar surface area (TPSA) is 38.0 Å². The Labute approximate surface area is 106 Å². The van der Waals surface area contributed by atoms with Gasteiger partial charge in [0.1, 0.15) is 5.82 Å². The summed E-state index contributed by atoms with van der Waals surface area (Å²) in [6, 6.07) is 4.63. The molecule has 1 aromatic carbocycles. The minimum absolute atomic E-state index is 0.0215. The maximum Gasteiger partial charge on any atom is 0.141 e. The minimum Gasteiger partial charge on any atom is -0.329 e. The van der Waals surface area contributed by atoms with Crippen molar-refractivity contribution in [2.45, 2.75) is 19.4 Å². The normalized spacial score (nSPS) is 11.8. The van der Waals surface area contributed by atoms with Gasteiger partial charge in [0, 0.05) is 25.6 Å². The fourth-order valence-electron chi connectivity index (χ4n) is 1.50. The SMILES string of the molecule is CC#CCCNC(CN)c1ccc(F)c(Cl)c1. The molecule has 0 saturated carbocycles. The van der Waals surface area contributed by atoms with Gasteiger partial charge in [-0.1, -0.05) is 17.7 Å². The van der Waals surface area contributed by atoms with Crippen molar-refractivity contribution in [3.8, 4) is 11.8 Å². The van der Waals surface area contributed by atoms with Crippen molar-refractivity contribution < 1.29 is 4.39 Å². The molecule has 0 spiro atoms. The van der Waals surface area contributed by atoms with E-state index in [2.05, 4.69) is 17.2 Å². The number of hydrogen-bond donors (Lipinski definition) is 2. The first-order chi connectivity index (χ1) is 8.19.